The molecule has 144 valence electrons. The molecule has 6 heteroatoms. The lowest BCUT2D eigenvalue weighted by Crippen LogP contribution is -2.41. The fraction of sp³-hybridized carbons (Fsp3) is 0.318. The first kappa shape index (κ1) is 18.2. The molecule has 1 aromatic heterocycles. The lowest BCUT2D eigenvalue weighted by Gasteiger charge is -2.33. The van der Waals surface area contributed by atoms with Gasteiger partial charge in [-0.25, -0.2) is 4.79 Å². The molecule has 0 unspecified atom stereocenters. The molecule has 2 amide bonds. The number of anilines is 1. The van der Waals surface area contributed by atoms with E-state index in [2.05, 4.69) is 28.4 Å². The molecular weight excluding hydrogens is 352 g/mol. The van der Waals surface area contributed by atoms with E-state index in [1.807, 2.05) is 53.4 Å². The number of likely N-dealkylation sites (tertiary alicyclic amines) is 1. The van der Waals surface area contributed by atoms with Gasteiger partial charge in [0.15, 0.2) is 0 Å². The van der Waals surface area contributed by atoms with E-state index in [9.17, 15) is 4.79 Å². The minimum absolute atomic E-state index is 0.127. The zero-order valence-corrected chi connectivity index (χ0v) is 16.0. The smallest absolute Gasteiger partial charge is 0.322 e. The Morgan fingerprint density at radius 2 is 2.04 bits per heavy atom. The molecule has 6 nitrogen and oxygen atoms in total. The highest BCUT2D eigenvalue weighted by Gasteiger charge is 2.32. The largest absolute Gasteiger partial charge is 0.337 e. The summed E-state index contributed by atoms with van der Waals surface area (Å²) in [5.74, 6) is 1.05. The molecule has 3 aromatic rings. The Kier molecular flexibility index (Phi) is 5.37. The van der Waals surface area contributed by atoms with Crippen molar-refractivity contribution in [3.05, 3.63) is 66.1 Å². The molecule has 4 rings (SSSR count). The number of amides is 2. The van der Waals surface area contributed by atoms with Crippen LogP contribution in [0.25, 0.3) is 11.4 Å². The van der Waals surface area contributed by atoms with Gasteiger partial charge in [0.2, 0.25) is 11.7 Å². The molecule has 0 spiro atoms. The molecule has 2 heterocycles. The average molecular weight is 376 g/mol. The van der Waals surface area contributed by atoms with E-state index >= 15 is 0 Å². The molecule has 1 fully saturated rings. The maximum absolute atomic E-state index is 13.0. The fourth-order valence-electron chi connectivity index (χ4n) is 3.57. The van der Waals surface area contributed by atoms with Crippen molar-refractivity contribution in [1.29, 1.82) is 0 Å². The van der Waals surface area contributed by atoms with Gasteiger partial charge in [0.05, 0.1) is 0 Å². The molecule has 1 atom stereocenters. The normalized spacial score (nSPS) is 16.8. The molecule has 2 aromatic carbocycles. The molecule has 0 radical (unpaired) electrons. The van der Waals surface area contributed by atoms with Gasteiger partial charge < -0.3 is 14.7 Å². The SMILES string of the molecule is CCc1cccc(NC(=O)N2CCCC[C@@H]2c2nc(-c3ccccc3)no2)c1. The summed E-state index contributed by atoms with van der Waals surface area (Å²) < 4.78 is 5.54. The van der Waals surface area contributed by atoms with Crippen LogP contribution in [-0.2, 0) is 6.42 Å². The van der Waals surface area contributed by atoms with Crippen molar-refractivity contribution in [2.75, 3.05) is 11.9 Å². The number of hydrogen-bond donors (Lipinski definition) is 1. The number of urea groups is 1. The monoisotopic (exact) mass is 376 g/mol. The standard InChI is InChI=1S/C22H24N4O2/c1-2-16-9-8-12-18(15-16)23-22(27)26-14-7-6-13-19(26)21-24-20(25-28-21)17-10-4-3-5-11-17/h3-5,8-12,15,19H,2,6-7,13-14H2,1H3,(H,23,27)/t19-/m1/s1. The van der Waals surface area contributed by atoms with Crippen molar-refractivity contribution < 1.29 is 9.32 Å². The zero-order chi connectivity index (χ0) is 19.3. The predicted octanol–water partition coefficient (Wildman–Crippen LogP) is 5.06. The van der Waals surface area contributed by atoms with Crippen LogP contribution in [-0.4, -0.2) is 27.6 Å². The Balaban J connectivity index is 1.53. The van der Waals surface area contributed by atoms with E-state index in [1.165, 1.54) is 5.56 Å². The van der Waals surface area contributed by atoms with Crippen molar-refractivity contribution in [3.8, 4) is 11.4 Å². The van der Waals surface area contributed by atoms with Gasteiger partial charge >= 0.3 is 6.03 Å². The summed E-state index contributed by atoms with van der Waals surface area (Å²) in [6.45, 7) is 2.77. The van der Waals surface area contributed by atoms with Crippen LogP contribution in [0.1, 0.15) is 43.7 Å². The van der Waals surface area contributed by atoms with Crippen LogP contribution in [0.2, 0.25) is 0 Å². The van der Waals surface area contributed by atoms with Gasteiger partial charge in [-0.2, -0.15) is 4.98 Å². The summed E-state index contributed by atoms with van der Waals surface area (Å²) in [7, 11) is 0. The molecule has 0 aliphatic carbocycles. The third kappa shape index (κ3) is 3.91. The highest BCUT2D eigenvalue weighted by atomic mass is 16.5. The molecule has 0 bridgehead atoms. The number of aromatic nitrogens is 2. The first-order valence-corrected chi connectivity index (χ1v) is 9.80. The van der Waals surface area contributed by atoms with E-state index in [1.54, 1.807) is 0 Å². The molecule has 1 aliphatic rings. The first-order valence-electron chi connectivity index (χ1n) is 9.80. The summed E-state index contributed by atoms with van der Waals surface area (Å²) >= 11 is 0. The van der Waals surface area contributed by atoms with E-state index in [0.717, 1.165) is 36.9 Å². The van der Waals surface area contributed by atoms with Crippen LogP contribution >= 0.6 is 0 Å². The van der Waals surface area contributed by atoms with Crippen LogP contribution in [0.4, 0.5) is 10.5 Å². The molecule has 28 heavy (non-hydrogen) atoms. The summed E-state index contributed by atoms with van der Waals surface area (Å²) in [4.78, 5) is 19.3. The minimum Gasteiger partial charge on any atom is -0.337 e. The Bertz CT molecular complexity index is 938. The number of carbonyl (C=O) groups excluding carboxylic acids is 1. The van der Waals surface area contributed by atoms with E-state index in [4.69, 9.17) is 4.52 Å². The molecular formula is C22H24N4O2. The van der Waals surface area contributed by atoms with Crippen molar-refractivity contribution >= 4 is 11.7 Å². The summed E-state index contributed by atoms with van der Waals surface area (Å²) in [5.41, 5.74) is 2.90. The number of piperidine rings is 1. The second-order valence-electron chi connectivity index (χ2n) is 7.01. The lowest BCUT2D eigenvalue weighted by molar-refractivity contribution is 0.142. The van der Waals surface area contributed by atoms with Crippen LogP contribution < -0.4 is 5.32 Å². The van der Waals surface area contributed by atoms with Crippen LogP contribution in [0.15, 0.2) is 59.1 Å². The summed E-state index contributed by atoms with van der Waals surface area (Å²) in [6, 6.07) is 17.3. The first-order chi connectivity index (χ1) is 13.7. The number of hydrogen-bond acceptors (Lipinski definition) is 4. The van der Waals surface area contributed by atoms with Crippen molar-refractivity contribution in [3.63, 3.8) is 0 Å². The highest BCUT2D eigenvalue weighted by molar-refractivity contribution is 5.89. The molecule has 1 aliphatic heterocycles. The Morgan fingerprint density at radius 3 is 2.86 bits per heavy atom. The second-order valence-corrected chi connectivity index (χ2v) is 7.01. The quantitative estimate of drug-likeness (QED) is 0.691. The maximum atomic E-state index is 13.0. The van der Waals surface area contributed by atoms with Crippen molar-refractivity contribution in [2.24, 2.45) is 0 Å². The summed E-state index contributed by atoms with van der Waals surface area (Å²) in [5, 5.41) is 7.14. The van der Waals surface area contributed by atoms with E-state index in [0.29, 0.717) is 18.3 Å². The number of carbonyl (C=O) groups is 1. The van der Waals surface area contributed by atoms with Crippen LogP contribution in [0, 0.1) is 0 Å². The number of nitrogens with one attached hydrogen (secondary N) is 1. The Hall–Kier alpha value is -3.15. The summed E-state index contributed by atoms with van der Waals surface area (Å²) in [6.07, 6.45) is 3.75. The third-order valence-corrected chi connectivity index (χ3v) is 5.11. The van der Waals surface area contributed by atoms with Gasteiger partial charge in [-0.05, 0) is 43.4 Å². The average Bonchev–Trinajstić information content (AvgIpc) is 3.25. The van der Waals surface area contributed by atoms with Crippen LogP contribution in [0.3, 0.4) is 0 Å². The third-order valence-electron chi connectivity index (χ3n) is 5.11. The van der Waals surface area contributed by atoms with Gasteiger partial charge in [0.1, 0.15) is 6.04 Å². The van der Waals surface area contributed by atoms with E-state index in [-0.39, 0.29) is 12.1 Å². The Labute approximate surface area is 164 Å². The minimum atomic E-state index is -0.201. The predicted molar refractivity (Wildman–Crippen MR) is 108 cm³/mol. The lowest BCUT2D eigenvalue weighted by atomic mass is 10.0. The number of nitrogens with zero attached hydrogens (tertiary/aromatic N) is 3. The second kappa shape index (κ2) is 8.25. The molecule has 0 saturated carbocycles. The number of rotatable bonds is 4. The van der Waals surface area contributed by atoms with Gasteiger partial charge in [0, 0.05) is 17.8 Å². The van der Waals surface area contributed by atoms with Crippen molar-refractivity contribution in [1.82, 2.24) is 15.0 Å². The van der Waals surface area contributed by atoms with E-state index < -0.39 is 0 Å². The van der Waals surface area contributed by atoms with Gasteiger partial charge in [-0.15, -0.1) is 0 Å². The maximum Gasteiger partial charge on any atom is 0.322 e. The topological polar surface area (TPSA) is 71.3 Å². The molecule has 1 N–H and O–H groups in total. The molecule has 1 saturated heterocycles. The number of aryl methyl sites for hydroxylation is 1. The van der Waals surface area contributed by atoms with Crippen molar-refractivity contribution in [2.45, 2.75) is 38.6 Å². The van der Waals surface area contributed by atoms with Gasteiger partial charge in [0.25, 0.3) is 0 Å². The Morgan fingerprint density at radius 1 is 1.18 bits per heavy atom. The number of benzene rings is 2. The van der Waals surface area contributed by atoms with Gasteiger partial charge in [-0.3, -0.25) is 0 Å². The van der Waals surface area contributed by atoms with Gasteiger partial charge in [-0.1, -0.05) is 54.5 Å². The zero-order valence-electron chi connectivity index (χ0n) is 16.0. The van der Waals surface area contributed by atoms with Crippen LogP contribution in [0.5, 0.6) is 0 Å². The fourth-order valence-corrected chi connectivity index (χ4v) is 3.57. The highest BCUT2D eigenvalue weighted by Crippen LogP contribution is 2.31.